The van der Waals surface area contributed by atoms with Gasteiger partial charge in [0, 0.05) is 37.8 Å². The summed E-state index contributed by atoms with van der Waals surface area (Å²) in [5.74, 6) is 0.687. The number of ether oxygens (including phenoxy) is 1. The average molecular weight is 484 g/mol. The van der Waals surface area contributed by atoms with Crippen molar-refractivity contribution >= 4 is 30.6 Å². The molecule has 1 N–H and O–H groups in total. The number of pyridine rings is 1. The third kappa shape index (κ3) is 5.88. The summed E-state index contributed by atoms with van der Waals surface area (Å²) < 4.78 is 26.3. The van der Waals surface area contributed by atoms with Crippen LogP contribution < -0.4 is 15.0 Å². The summed E-state index contributed by atoms with van der Waals surface area (Å²) in [5, 5.41) is 4.24. The molecular weight excluding hydrogens is 445 g/mol. The van der Waals surface area contributed by atoms with Gasteiger partial charge in [-0.15, -0.1) is 0 Å². The van der Waals surface area contributed by atoms with Gasteiger partial charge in [0.25, 0.3) is 0 Å². The Hall–Kier alpha value is -2.64. The Bertz CT molecular complexity index is 1130. The monoisotopic (exact) mass is 483 g/mol. The Morgan fingerprint density at radius 3 is 2.41 bits per heavy atom. The van der Waals surface area contributed by atoms with E-state index < -0.39 is 21.1 Å². The second-order valence-corrected chi connectivity index (χ2v) is 15.2. The van der Waals surface area contributed by atoms with Crippen molar-refractivity contribution in [2.45, 2.75) is 45.0 Å². The molecule has 0 saturated heterocycles. The lowest BCUT2D eigenvalue weighted by Crippen LogP contribution is -2.46. The number of alkyl halides is 1. The number of anilines is 2. The lowest BCUT2D eigenvalue weighted by atomic mass is 10.1. The van der Waals surface area contributed by atoms with E-state index in [4.69, 9.17) is 14.1 Å². The first-order chi connectivity index (χ1) is 15.9. The van der Waals surface area contributed by atoms with Crippen LogP contribution in [-0.4, -0.2) is 53.8 Å². The number of aromatic nitrogens is 1. The molecule has 3 rings (SSSR count). The molecule has 0 spiro atoms. The highest BCUT2D eigenvalue weighted by molar-refractivity contribution is 6.74. The summed E-state index contributed by atoms with van der Waals surface area (Å²) in [6.07, 6.45) is -0.597. The molecule has 7 heteroatoms. The van der Waals surface area contributed by atoms with Gasteiger partial charge < -0.3 is 19.4 Å². The van der Waals surface area contributed by atoms with Gasteiger partial charge in [-0.3, -0.25) is 0 Å². The van der Waals surface area contributed by atoms with Crippen molar-refractivity contribution in [2.24, 2.45) is 0 Å². The molecule has 0 amide bonds. The molecule has 0 aliphatic carbocycles. The van der Waals surface area contributed by atoms with Crippen LogP contribution >= 0.6 is 0 Å². The fraction of sp³-hybridized carbons (Fsp3) is 0.444. The maximum atomic E-state index is 13.9. The first kappa shape index (κ1) is 26.0. The molecule has 3 aromatic rings. The van der Waals surface area contributed by atoms with E-state index in [0.29, 0.717) is 5.75 Å². The number of hydrogen-bond donors (Lipinski definition) is 1. The normalized spacial score (nSPS) is 13.1. The predicted octanol–water partition coefficient (Wildman–Crippen LogP) is 6.75. The van der Waals surface area contributed by atoms with Crippen LogP contribution in [0.2, 0.25) is 18.1 Å². The smallest absolute Gasteiger partial charge is 0.192 e. The van der Waals surface area contributed by atoms with Gasteiger partial charge in [-0.05, 0) is 54.5 Å². The molecule has 1 unspecified atom stereocenters. The second-order valence-electron chi connectivity index (χ2n) is 10.4. The third-order valence-electron chi connectivity index (χ3n) is 6.58. The fourth-order valence-electron chi connectivity index (χ4n) is 3.49. The van der Waals surface area contributed by atoms with Crippen LogP contribution in [0.4, 0.5) is 15.8 Å². The van der Waals surface area contributed by atoms with Crippen LogP contribution in [0.1, 0.15) is 20.8 Å². The molecule has 0 bridgehead atoms. The number of fused-ring (bicyclic) bond motifs is 1. The van der Waals surface area contributed by atoms with Gasteiger partial charge in [0.05, 0.1) is 16.9 Å². The van der Waals surface area contributed by atoms with Crippen LogP contribution in [0.25, 0.3) is 22.2 Å². The molecule has 0 fully saturated rings. The number of nitrogens with zero attached hydrogens (tertiary/aromatic N) is 2. The quantitative estimate of drug-likeness (QED) is 0.341. The van der Waals surface area contributed by atoms with Crippen LogP contribution in [0.15, 0.2) is 48.5 Å². The van der Waals surface area contributed by atoms with Gasteiger partial charge in [0.1, 0.15) is 25.1 Å². The van der Waals surface area contributed by atoms with Crippen LogP contribution in [-0.2, 0) is 4.43 Å². The lowest BCUT2D eigenvalue weighted by Gasteiger charge is -2.38. The number of benzene rings is 2. The largest absolute Gasteiger partial charge is 0.489 e. The van der Waals surface area contributed by atoms with E-state index in [1.54, 1.807) is 0 Å². The molecule has 184 valence electrons. The summed E-state index contributed by atoms with van der Waals surface area (Å²) in [7, 11) is 3.73. The van der Waals surface area contributed by atoms with E-state index in [0.717, 1.165) is 33.5 Å². The van der Waals surface area contributed by atoms with Crippen molar-refractivity contribution in [3.05, 3.63) is 48.5 Å². The molecule has 34 heavy (non-hydrogen) atoms. The molecule has 0 radical (unpaired) electrons. The maximum Gasteiger partial charge on any atom is 0.192 e. The molecule has 0 saturated carbocycles. The summed E-state index contributed by atoms with van der Waals surface area (Å²) in [6.45, 7) is 10.3. The van der Waals surface area contributed by atoms with Crippen molar-refractivity contribution in [1.82, 2.24) is 4.98 Å². The maximum absolute atomic E-state index is 13.9. The van der Waals surface area contributed by atoms with E-state index >= 15 is 0 Å². The highest BCUT2D eigenvalue weighted by atomic mass is 28.4. The van der Waals surface area contributed by atoms with Crippen molar-refractivity contribution in [3.63, 3.8) is 0 Å². The molecule has 1 heterocycles. The van der Waals surface area contributed by atoms with Crippen molar-refractivity contribution in [2.75, 3.05) is 44.6 Å². The zero-order valence-electron chi connectivity index (χ0n) is 21.7. The van der Waals surface area contributed by atoms with Crippen LogP contribution in [0.5, 0.6) is 5.75 Å². The number of hydrogen-bond acceptors (Lipinski definition) is 5. The van der Waals surface area contributed by atoms with Gasteiger partial charge in [-0.2, -0.15) is 0 Å². The summed E-state index contributed by atoms with van der Waals surface area (Å²) in [4.78, 5) is 6.84. The second kappa shape index (κ2) is 10.3. The average Bonchev–Trinajstić information content (AvgIpc) is 2.79. The highest BCUT2D eigenvalue weighted by Crippen LogP contribution is 2.38. The first-order valence-electron chi connectivity index (χ1n) is 11.7. The molecular formula is C27H38FN3O2Si. The zero-order chi connectivity index (χ0) is 25.1. The molecule has 5 nitrogen and oxygen atoms in total. The molecule has 0 aliphatic heterocycles. The Balaban J connectivity index is 1.87. The molecule has 1 atom stereocenters. The predicted molar refractivity (Wildman–Crippen MR) is 145 cm³/mol. The Morgan fingerprint density at radius 2 is 1.79 bits per heavy atom. The van der Waals surface area contributed by atoms with E-state index in [9.17, 15) is 4.39 Å². The Labute approximate surface area is 204 Å². The zero-order valence-corrected chi connectivity index (χ0v) is 22.7. The van der Waals surface area contributed by atoms with E-state index in [1.165, 1.54) is 0 Å². The van der Waals surface area contributed by atoms with Gasteiger partial charge in [-0.1, -0.05) is 32.9 Å². The van der Waals surface area contributed by atoms with Gasteiger partial charge in [0.2, 0.25) is 0 Å². The van der Waals surface area contributed by atoms with Crippen molar-refractivity contribution in [3.8, 4) is 17.0 Å². The lowest BCUT2D eigenvalue weighted by molar-refractivity contribution is 0.0922. The summed E-state index contributed by atoms with van der Waals surface area (Å²) in [5.41, 5.74) is 4.71. The van der Waals surface area contributed by atoms with Crippen molar-refractivity contribution in [1.29, 1.82) is 0 Å². The van der Waals surface area contributed by atoms with Crippen LogP contribution in [0, 0.1) is 0 Å². The Morgan fingerprint density at radius 1 is 1.06 bits per heavy atom. The minimum absolute atomic E-state index is 0.00480. The van der Waals surface area contributed by atoms with Crippen LogP contribution in [0.3, 0.4) is 0 Å². The molecule has 1 aromatic heterocycles. The number of halogens is 1. The minimum Gasteiger partial charge on any atom is -0.489 e. The SMILES string of the molecule is CNc1ccc2nc(-c3ccc(N(C)C)c(OCC(CF)O[Si](C)(C)C(C)(C)C)c3)ccc2c1. The fourth-order valence-corrected chi connectivity index (χ4v) is 4.80. The van der Waals surface area contributed by atoms with E-state index in [1.807, 2.05) is 62.4 Å². The third-order valence-corrected chi connectivity index (χ3v) is 11.1. The van der Waals surface area contributed by atoms with E-state index in [2.05, 4.69) is 51.3 Å². The summed E-state index contributed by atoms with van der Waals surface area (Å²) in [6, 6.07) is 16.2. The van der Waals surface area contributed by atoms with Crippen molar-refractivity contribution < 1.29 is 13.6 Å². The van der Waals surface area contributed by atoms with Gasteiger partial charge in [-0.25, -0.2) is 9.37 Å². The highest BCUT2D eigenvalue weighted by Gasteiger charge is 2.39. The Kier molecular flexibility index (Phi) is 7.88. The standard InChI is InChI=1S/C27H38FN3O2Si/c1-27(2,3)34(7,8)33-22(17-28)18-32-26-16-20(10-14-25(26)31(5)6)23-12-9-19-15-21(29-4)11-13-24(19)30-23/h9-16,22,29H,17-18H2,1-8H3. The topological polar surface area (TPSA) is 46.6 Å². The minimum atomic E-state index is -2.10. The van der Waals surface area contributed by atoms with E-state index in [-0.39, 0.29) is 11.6 Å². The van der Waals surface area contributed by atoms with Gasteiger partial charge in [0.15, 0.2) is 8.32 Å². The first-order valence-corrected chi connectivity index (χ1v) is 14.6. The molecule has 2 aromatic carbocycles. The van der Waals surface area contributed by atoms with Gasteiger partial charge >= 0.3 is 0 Å². The number of nitrogens with one attached hydrogen (secondary N) is 1. The summed E-state index contributed by atoms with van der Waals surface area (Å²) >= 11 is 0. The number of rotatable bonds is 9. The molecule has 0 aliphatic rings.